The third kappa shape index (κ3) is 2.94. The van der Waals surface area contributed by atoms with Crippen LogP contribution in [0, 0.1) is 19.8 Å². The second-order valence-electron chi connectivity index (χ2n) is 6.32. The molecule has 2 atom stereocenters. The van der Waals surface area contributed by atoms with Gasteiger partial charge in [0.25, 0.3) is 5.91 Å². The zero-order chi connectivity index (χ0) is 15.0. The topological polar surface area (TPSA) is 45.7 Å². The average Bonchev–Trinajstić information content (AvgIpc) is 2.68. The van der Waals surface area contributed by atoms with Gasteiger partial charge in [0.05, 0.1) is 30.5 Å². The summed E-state index contributed by atoms with van der Waals surface area (Å²) in [6.45, 7) is 7.88. The molecule has 0 radical (unpaired) electrons. The maximum absolute atomic E-state index is 12.9. The first kappa shape index (κ1) is 14.5. The fourth-order valence-electron chi connectivity index (χ4n) is 3.39. The smallest absolute Gasteiger partial charge is 0.256 e. The fraction of sp³-hybridized carbons (Fsp3) is 0.625. The zero-order valence-corrected chi connectivity index (χ0v) is 13.0. The van der Waals surface area contributed by atoms with Crippen LogP contribution in [0.25, 0.3) is 0 Å². The van der Waals surface area contributed by atoms with Crippen molar-refractivity contribution in [3.05, 3.63) is 29.1 Å². The number of fused-ring (bicyclic) bond motifs is 3. The Morgan fingerprint density at radius 2 is 2.05 bits per heavy atom. The minimum absolute atomic E-state index is 0.0933. The number of rotatable bonds is 1. The zero-order valence-electron chi connectivity index (χ0n) is 13.0. The molecule has 0 aromatic carbocycles. The van der Waals surface area contributed by atoms with Gasteiger partial charge in [-0.3, -0.25) is 9.78 Å². The van der Waals surface area contributed by atoms with Crippen LogP contribution in [0.15, 0.2) is 12.1 Å². The van der Waals surface area contributed by atoms with Gasteiger partial charge in [0.15, 0.2) is 0 Å². The van der Waals surface area contributed by atoms with Crippen molar-refractivity contribution in [3.63, 3.8) is 0 Å². The molecule has 2 bridgehead atoms. The lowest BCUT2D eigenvalue weighted by Gasteiger charge is -2.30. The number of pyridine rings is 1. The largest absolute Gasteiger partial charge is 0.379 e. The van der Waals surface area contributed by atoms with E-state index in [-0.39, 0.29) is 11.9 Å². The van der Waals surface area contributed by atoms with Crippen molar-refractivity contribution in [1.29, 1.82) is 0 Å². The number of aromatic nitrogens is 1. The van der Waals surface area contributed by atoms with Crippen molar-refractivity contribution in [3.8, 4) is 0 Å². The first-order valence-corrected chi connectivity index (χ1v) is 7.56. The first-order chi connectivity index (χ1) is 10.0. The van der Waals surface area contributed by atoms with Crippen molar-refractivity contribution in [2.24, 2.45) is 5.92 Å². The molecule has 5 nitrogen and oxygen atoms in total. The molecule has 0 N–H and O–H groups in total. The van der Waals surface area contributed by atoms with E-state index in [2.05, 4.69) is 16.9 Å². The molecular weight excluding hydrogens is 266 g/mol. The van der Waals surface area contributed by atoms with Crippen molar-refractivity contribution in [2.45, 2.75) is 19.9 Å². The average molecular weight is 289 g/mol. The molecular formula is C16H23N3O2. The van der Waals surface area contributed by atoms with Crippen LogP contribution in [0.5, 0.6) is 0 Å². The normalized spacial score (nSPS) is 26.5. The summed E-state index contributed by atoms with van der Waals surface area (Å²) in [5.74, 6) is 0.487. The van der Waals surface area contributed by atoms with Crippen LogP contribution in [0.1, 0.15) is 21.7 Å². The maximum atomic E-state index is 12.9. The standard InChI is InChI=1S/C16H23N3O2/c1-11-4-5-15(12(2)17-11)16(20)19-7-13-6-18(3)8-14(19)10-21-9-13/h4-5,13-14H,6-10H2,1-3H3/t13-,14-/m0/s1. The highest BCUT2D eigenvalue weighted by Crippen LogP contribution is 2.21. The van der Waals surface area contributed by atoms with Gasteiger partial charge in [-0.2, -0.15) is 0 Å². The molecule has 5 heteroatoms. The number of ether oxygens (including phenoxy) is 1. The van der Waals surface area contributed by atoms with Crippen LogP contribution in [-0.4, -0.2) is 66.6 Å². The van der Waals surface area contributed by atoms with Crippen LogP contribution >= 0.6 is 0 Å². The summed E-state index contributed by atoms with van der Waals surface area (Å²) in [5, 5.41) is 0. The SMILES string of the molecule is Cc1ccc(C(=O)N2C[C@H]3COC[C@@H]2CN(C)C3)c(C)n1. The van der Waals surface area contributed by atoms with E-state index in [9.17, 15) is 4.79 Å². The number of hydrogen-bond acceptors (Lipinski definition) is 4. The molecule has 2 aliphatic heterocycles. The van der Waals surface area contributed by atoms with Gasteiger partial charge in [-0.1, -0.05) is 0 Å². The van der Waals surface area contributed by atoms with E-state index < -0.39 is 0 Å². The van der Waals surface area contributed by atoms with Crippen molar-refractivity contribution in [2.75, 3.05) is 39.9 Å². The Balaban J connectivity index is 1.89. The summed E-state index contributed by atoms with van der Waals surface area (Å²) in [5.41, 5.74) is 2.48. The van der Waals surface area contributed by atoms with Crippen LogP contribution in [0.2, 0.25) is 0 Å². The molecule has 2 saturated heterocycles. The molecule has 2 aliphatic rings. The van der Waals surface area contributed by atoms with Gasteiger partial charge in [-0.25, -0.2) is 0 Å². The highest BCUT2D eigenvalue weighted by molar-refractivity contribution is 5.95. The van der Waals surface area contributed by atoms with E-state index in [4.69, 9.17) is 4.74 Å². The molecule has 2 fully saturated rings. The van der Waals surface area contributed by atoms with Crippen LogP contribution in [0.4, 0.5) is 0 Å². The van der Waals surface area contributed by atoms with Gasteiger partial charge in [-0.15, -0.1) is 0 Å². The van der Waals surface area contributed by atoms with Gasteiger partial charge < -0.3 is 14.5 Å². The van der Waals surface area contributed by atoms with Crippen LogP contribution in [-0.2, 0) is 4.74 Å². The number of amides is 1. The Kier molecular flexibility index (Phi) is 3.95. The van der Waals surface area contributed by atoms with E-state index in [0.29, 0.717) is 12.5 Å². The molecule has 1 amide bonds. The molecule has 0 saturated carbocycles. The molecule has 3 heterocycles. The summed E-state index contributed by atoms with van der Waals surface area (Å²) >= 11 is 0. The third-order valence-corrected chi connectivity index (χ3v) is 4.37. The highest BCUT2D eigenvalue weighted by atomic mass is 16.5. The van der Waals surface area contributed by atoms with E-state index in [1.54, 1.807) is 0 Å². The Bertz CT molecular complexity index is 546. The maximum Gasteiger partial charge on any atom is 0.256 e. The number of carbonyl (C=O) groups excluding carboxylic acids is 1. The Morgan fingerprint density at radius 3 is 2.81 bits per heavy atom. The first-order valence-electron chi connectivity index (χ1n) is 7.56. The molecule has 0 unspecified atom stereocenters. The number of likely N-dealkylation sites (N-methyl/N-ethyl adjacent to an activating group) is 1. The minimum Gasteiger partial charge on any atom is -0.379 e. The third-order valence-electron chi connectivity index (χ3n) is 4.37. The minimum atomic E-state index is 0.0933. The summed E-state index contributed by atoms with van der Waals surface area (Å²) in [4.78, 5) is 21.7. The quantitative estimate of drug-likeness (QED) is 0.777. The summed E-state index contributed by atoms with van der Waals surface area (Å²) in [6.07, 6.45) is 0. The summed E-state index contributed by atoms with van der Waals surface area (Å²) < 4.78 is 5.74. The van der Waals surface area contributed by atoms with E-state index in [1.807, 2.05) is 30.9 Å². The van der Waals surface area contributed by atoms with Gasteiger partial charge in [0, 0.05) is 31.2 Å². The molecule has 21 heavy (non-hydrogen) atoms. The number of nitrogens with zero attached hydrogens (tertiary/aromatic N) is 3. The van der Waals surface area contributed by atoms with E-state index >= 15 is 0 Å². The predicted molar refractivity (Wildman–Crippen MR) is 80.3 cm³/mol. The molecule has 0 aliphatic carbocycles. The predicted octanol–water partition coefficient (Wildman–Crippen LogP) is 1.10. The molecule has 0 spiro atoms. The van der Waals surface area contributed by atoms with Gasteiger partial charge >= 0.3 is 0 Å². The second-order valence-corrected chi connectivity index (χ2v) is 6.32. The van der Waals surface area contributed by atoms with Crippen molar-refractivity contribution in [1.82, 2.24) is 14.8 Å². The molecule has 1 aromatic rings. The van der Waals surface area contributed by atoms with Gasteiger partial charge in [0.1, 0.15) is 0 Å². The lowest BCUT2D eigenvalue weighted by molar-refractivity contribution is 0.0483. The van der Waals surface area contributed by atoms with Gasteiger partial charge in [0.2, 0.25) is 0 Å². The Morgan fingerprint density at radius 1 is 1.24 bits per heavy atom. The lowest BCUT2D eigenvalue weighted by Crippen LogP contribution is -2.46. The monoisotopic (exact) mass is 289 g/mol. The number of hydrogen-bond donors (Lipinski definition) is 0. The summed E-state index contributed by atoms with van der Waals surface area (Å²) in [6, 6.07) is 3.95. The summed E-state index contributed by atoms with van der Waals surface area (Å²) in [7, 11) is 2.12. The number of carbonyl (C=O) groups is 1. The Hall–Kier alpha value is -1.46. The lowest BCUT2D eigenvalue weighted by atomic mass is 10.1. The fourth-order valence-corrected chi connectivity index (χ4v) is 3.39. The molecule has 114 valence electrons. The molecule has 3 rings (SSSR count). The van der Waals surface area contributed by atoms with E-state index in [0.717, 1.165) is 43.2 Å². The van der Waals surface area contributed by atoms with E-state index in [1.165, 1.54) is 0 Å². The Labute approximate surface area is 125 Å². The van der Waals surface area contributed by atoms with Crippen LogP contribution < -0.4 is 0 Å². The van der Waals surface area contributed by atoms with Crippen LogP contribution in [0.3, 0.4) is 0 Å². The van der Waals surface area contributed by atoms with Gasteiger partial charge in [-0.05, 0) is 33.0 Å². The molecule has 1 aromatic heterocycles. The second kappa shape index (κ2) is 5.73. The van der Waals surface area contributed by atoms with Crippen molar-refractivity contribution < 1.29 is 9.53 Å². The van der Waals surface area contributed by atoms with Crippen molar-refractivity contribution >= 4 is 5.91 Å². The highest BCUT2D eigenvalue weighted by Gasteiger charge is 2.35. The number of aryl methyl sites for hydroxylation is 2.